The molecule has 0 saturated heterocycles. The minimum absolute atomic E-state index is 0.0554. The molecule has 0 radical (unpaired) electrons. The van der Waals surface area contributed by atoms with Gasteiger partial charge in [-0.25, -0.2) is 19.6 Å². The summed E-state index contributed by atoms with van der Waals surface area (Å²) in [5, 5.41) is 31.4. The number of aryl methyl sites for hydroxylation is 1. The van der Waals surface area contributed by atoms with E-state index in [-0.39, 0.29) is 24.4 Å². The molecule has 0 unspecified atom stereocenters. The van der Waals surface area contributed by atoms with Gasteiger partial charge in [0.05, 0.1) is 23.4 Å². The van der Waals surface area contributed by atoms with Gasteiger partial charge < -0.3 is 20.8 Å². The van der Waals surface area contributed by atoms with Crippen molar-refractivity contribution in [2.24, 2.45) is 5.92 Å². The second-order valence-corrected chi connectivity index (χ2v) is 12.7. The Balaban J connectivity index is 1.05. The highest BCUT2D eigenvalue weighted by atomic mass is 32.1. The van der Waals surface area contributed by atoms with Crippen LogP contribution in [0.1, 0.15) is 53.1 Å². The number of thiazole rings is 1. The van der Waals surface area contributed by atoms with Crippen molar-refractivity contribution in [1.29, 1.82) is 0 Å². The molecule has 0 spiro atoms. The number of benzene rings is 2. The SMILES string of the molecule is Cc1cc(Nc2nccc(C(F)(F)F)n2)cc(-c2cnc([C@]3(O)CC[C@H](C(=O)NCc4ccc(-n5cc(CO)cn5)cc4)CC3)s2)c1. The third-order valence-electron chi connectivity index (χ3n) is 8.14. The van der Waals surface area contributed by atoms with Crippen LogP contribution in [0.15, 0.2) is 73.3 Å². The smallest absolute Gasteiger partial charge is 0.392 e. The number of anilines is 2. The van der Waals surface area contributed by atoms with Gasteiger partial charge >= 0.3 is 6.18 Å². The van der Waals surface area contributed by atoms with E-state index < -0.39 is 17.5 Å². The first-order valence-electron chi connectivity index (χ1n) is 15.0. The molecule has 47 heavy (non-hydrogen) atoms. The van der Waals surface area contributed by atoms with Crippen molar-refractivity contribution in [2.45, 2.75) is 57.5 Å². The van der Waals surface area contributed by atoms with Crippen molar-refractivity contribution >= 4 is 28.9 Å². The molecule has 244 valence electrons. The maximum absolute atomic E-state index is 13.1. The summed E-state index contributed by atoms with van der Waals surface area (Å²) in [6, 6.07) is 13.9. The monoisotopic (exact) mass is 663 g/mol. The number of aromatic nitrogens is 5. The molecule has 6 rings (SSSR count). The molecule has 1 aliphatic carbocycles. The van der Waals surface area contributed by atoms with Gasteiger partial charge in [0.25, 0.3) is 0 Å². The molecule has 0 atom stereocenters. The number of nitrogens with one attached hydrogen (secondary N) is 2. The largest absolute Gasteiger partial charge is 0.433 e. The van der Waals surface area contributed by atoms with Crippen molar-refractivity contribution in [2.75, 3.05) is 5.32 Å². The normalized spacial score (nSPS) is 18.2. The summed E-state index contributed by atoms with van der Waals surface area (Å²) >= 11 is 1.35. The van der Waals surface area contributed by atoms with Crippen LogP contribution >= 0.6 is 11.3 Å². The summed E-state index contributed by atoms with van der Waals surface area (Å²) in [6.45, 7) is 2.17. The van der Waals surface area contributed by atoms with Gasteiger partial charge in [-0.3, -0.25) is 4.79 Å². The van der Waals surface area contributed by atoms with Gasteiger partial charge in [-0.2, -0.15) is 18.3 Å². The molecule has 1 amide bonds. The highest BCUT2D eigenvalue weighted by Gasteiger charge is 2.39. The molecule has 1 fully saturated rings. The fourth-order valence-corrected chi connectivity index (χ4v) is 6.63. The number of aliphatic hydroxyl groups excluding tert-OH is 1. The van der Waals surface area contributed by atoms with Crippen molar-refractivity contribution in [3.63, 3.8) is 0 Å². The highest BCUT2D eigenvalue weighted by molar-refractivity contribution is 7.15. The minimum Gasteiger partial charge on any atom is -0.392 e. The lowest BCUT2D eigenvalue weighted by atomic mass is 9.78. The first-order chi connectivity index (χ1) is 22.5. The van der Waals surface area contributed by atoms with Crippen LogP contribution in [0.5, 0.6) is 0 Å². The third kappa shape index (κ3) is 7.50. The number of rotatable bonds is 9. The molecular formula is C33H32F3N7O3S. The summed E-state index contributed by atoms with van der Waals surface area (Å²) < 4.78 is 41.0. The molecule has 5 aromatic rings. The quantitative estimate of drug-likeness (QED) is 0.150. The molecule has 3 aromatic heterocycles. The van der Waals surface area contributed by atoms with Crippen LogP contribution in [0.25, 0.3) is 16.1 Å². The van der Waals surface area contributed by atoms with Crippen molar-refractivity contribution < 1.29 is 28.2 Å². The third-order valence-corrected chi connectivity index (χ3v) is 9.38. The Kier molecular flexibility index (Phi) is 9.08. The number of amides is 1. The average molecular weight is 664 g/mol. The Morgan fingerprint density at radius 3 is 2.53 bits per heavy atom. The van der Waals surface area contributed by atoms with Crippen molar-refractivity contribution in [3.05, 3.63) is 101 Å². The summed E-state index contributed by atoms with van der Waals surface area (Å²) in [6.07, 6.45) is 3.32. The number of halogens is 3. The molecule has 10 nitrogen and oxygen atoms in total. The van der Waals surface area contributed by atoms with E-state index >= 15 is 0 Å². The Morgan fingerprint density at radius 1 is 1.06 bits per heavy atom. The van der Waals surface area contributed by atoms with Crippen LogP contribution in [0, 0.1) is 12.8 Å². The number of hydrogen-bond acceptors (Lipinski definition) is 9. The fraction of sp³-hybridized carbons (Fsp3) is 0.303. The van der Waals surface area contributed by atoms with E-state index in [1.165, 1.54) is 11.3 Å². The number of aliphatic hydroxyl groups is 2. The number of alkyl halides is 3. The van der Waals surface area contributed by atoms with Gasteiger partial charge in [-0.15, -0.1) is 11.3 Å². The lowest BCUT2D eigenvalue weighted by Crippen LogP contribution is -2.38. The molecule has 1 saturated carbocycles. The summed E-state index contributed by atoms with van der Waals surface area (Å²) in [7, 11) is 0. The summed E-state index contributed by atoms with van der Waals surface area (Å²) in [4.78, 5) is 25.8. The number of carbonyl (C=O) groups excluding carboxylic acids is 1. The van der Waals surface area contributed by atoms with E-state index in [0.29, 0.717) is 42.9 Å². The van der Waals surface area contributed by atoms with E-state index in [2.05, 4.69) is 30.7 Å². The van der Waals surface area contributed by atoms with Crippen LogP contribution in [-0.4, -0.2) is 40.9 Å². The van der Waals surface area contributed by atoms with E-state index in [0.717, 1.165) is 45.1 Å². The van der Waals surface area contributed by atoms with Crippen LogP contribution in [0.2, 0.25) is 0 Å². The molecular weight excluding hydrogens is 631 g/mol. The van der Waals surface area contributed by atoms with Gasteiger partial charge in [0.2, 0.25) is 11.9 Å². The molecule has 2 aromatic carbocycles. The second kappa shape index (κ2) is 13.2. The number of nitrogens with zero attached hydrogens (tertiary/aromatic N) is 5. The molecule has 0 bridgehead atoms. The Labute approximate surface area is 272 Å². The highest BCUT2D eigenvalue weighted by Crippen LogP contribution is 2.43. The van der Waals surface area contributed by atoms with E-state index in [4.69, 9.17) is 0 Å². The Hall–Kier alpha value is -4.66. The maximum atomic E-state index is 13.1. The van der Waals surface area contributed by atoms with Crippen LogP contribution in [0.3, 0.4) is 0 Å². The topological polar surface area (TPSA) is 138 Å². The average Bonchev–Trinajstić information content (AvgIpc) is 3.75. The van der Waals surface area contributed by atoms with Crippen LogP contribution in [0.4, 0.5) is 24.8 Å². The molecule has 0 aliphatic heterocycles. The van der Waals surface area contributed by atoms with Gasteiger partial charge in [-0.05, 0) is 79.6 Å². The summed E-state index contributed by atoms with van der Waals surface area (Å²) in [5.41, 5.74) is 2.48. The molecule has 4 N–H and O–H groups in total. The molecule has 1 aliphatic rings. The van der Waals surface area contributed by atoms with E-state index in [1.807, 2.05) is 37.3 Å². The lowest BCUT2D eigenvalue weighted by molar-refractivity contribution is -0.141. The molecule has 14 heteroatoms. The predicted octanol–water partition coefficient (Wildman–Crippen LogP) is 6.04. The summed E-state index contributed by atoms with van der Waals surface area (Å²) in [5.74, 6) is -0.448. The minimum atomic E-state index is -4.58. The predicted molar refractivity (Wildman–Crippen MR) is 170 cm³/mol. The second-order valence-electron chi connectivity index (χ2n) is 11.6. The van der Waals surface area contributed by atoms with Crippen molar-refractivity contribution in [3.8, 4) is 16.1 Å². The Bertz CT molecular complexity index is 1870. The zero-order valence-electron chi connectivity index (χ0n) is 25.3. The van der Waals surface area contributed by atoms with Crippen LogP contribution in [-0.2, 0) is 29.7 Å². The number of hydrogen-bond donors (Lipinski definition) is 4. The van der Waals surface area contributed by atoms with E-state index in [1.54, 1.807) is 35.4 Å². The fourth-order valence-electron chi connectivity index (χ4n) is 5.58. The van der Waals surface area contributed by atoms with Crippen molar-refractivity contribution in [1.82, 2.24) is 30.0 Å². The van der Waals surface area contributed by atoms with Gasteiger partial charge in [0, 0.05) is 42.3 Å². The van der Waals surface area contributed by atoms with Gasteiger partial charge in [-0.1, -0.05) is 18.2 Å². The zero-order chi connectivity index (χ0) is 33.2. The maximum Gasteiger partial charge on any atom is 0.433 e. The van der Waals surface area contributed by atoms with E-state index in [9.17, 15) is 28.2 Å². The van der Waals surface area contributed by atoms with Crippen LogP contribution < -0.4 is 10.6 Å². The lowest BCUT2D eigenvalue weighted by Gasteiger charge is -2.33. The van der Waals surface area contributed by atoms with Gasteiger partial charge in [0.15, 0.2) is 0 Å². The standard InChI is InChI=1S/C33H32F3N7O3S/c1-20-12-24(14-25(13-20)41-31-37-11-8-28(42-31)33(34,35)36)27-17-39-30(47-27)32(46)9-6-23(7-10-32)29(45)38-15-21-2-4-26(5-3-21)43-18-22(19-44)16-40-43/h2-5,8,11-14,16-18,23,44,46H,6-7,9-10,15,19H2,1H3,(H,38,45)(H,37,41,42)/t23-,32-. The number of carbonyl (C=O) groups is 1. The zero-order valence-corrected chi connectivity index (χ0v) is 26.1. The molecule has 3 heterocycles. The Morgan fingerprint density at radius 2 is 1.83 bits per heavy atom. The van der Waals surface area contributed by atoms with Gasteiger partial charge in [0.1, 0.15) is 16.3 Å². The first kappa shape index (κ1) is 32.3. The first-order valence-corrected chi connectivity index (χ1v) is 15.8.